The van der Waals surface area contributed by atoms with E-state index in [1.807, 2.05) is 13.0 Å². The molecule has 2 rings (SSSR count). The van der Waals surface area contributed by atoms with Crippen LogP contribution in [0.3, 0.4) is 0 Å². The number of nitrogens with zero attached hydrogens (tertiary/aromatic N) is 2. The summed E-state index contributed by atoms with van der Waals surface area (Å²) in [6.45, 7) is 1.98. The zero-order valence-electron chi connectivity index (χ0n) is 7.25. The minimum atomic E-state index is 0.652. The van der Waals surface area contributed by atoms with Gasteiger partial charge in [-0.15, -0.1) is 0 Å². The molecule has 1 aliphatic rings. The van der Waals surface area contributed by atoms with Crippen molar-refractivity contribution < 1.29 is 0 Å². The van der Waals surface area contributed by atoms with Gasteiger partial charge in [-0.1, -0.05) is 0 Å². The zero-order valence-corrected chi connectivity index (χ0v) is 7.25. The first-order valence-electron chi connectivity index (χ1n) is 4.40. The van der Waals surface area contributed by atoms with Crippen LogP contribution < -0.4 is 5.32 Å². The molecule has 1 aliphatic carbocycles. The Labute approximate surface area is 72.2 Å². The molecule has 1 fully saturated rings. The van der Waals surface area contributed by atoms with Crippen LogP contribution in [0.25, 0.3) is 0 Å². The molecule has 12 heavy (non-hydrogen) atoms. The molecule has 3 heteroatoms. The lowest BCUT2D eigenvalue weighted by Crippen LogP contribution is -2.27. The van der Waals surface area contributed by atoms with Crippen molar-refractivity contribution in [2.45, 2.75) is 32.2 Å². The molecule has 1 aromatic heterocycles. The Hall–Kier alpha value is -1.12. The van der Waals surface area contributed by atoms with Crippen molar-refractivity contribution in [2.75, 3.05) is 5.32 Å². The van der Waals surface area contributed by atoms with Crippen LogP contribution in [0.5, 0.6) is 0 Å². The highest BCUT2D eigenvalue weighted by Crippen LogP contribution is 2.21. The van der Waals surface area contributed by atoms with Gasteiger partial charge >= 0.3 is 0 Å². The lowest BCUT2D eigenvalue weighted by Gasteiger charge is -2.26. The molecule has 0 aliphatic heterocycles. The molecule has 0 atom stereocenters. The third-order valence-corrected chi connectivity index (χ3v) is 2.26. The van der Waals surface area contributed by atoms with E-state index in [1.165, 1.54) is 19.3 Å². The van der Waals surface area contributed by atoms with Gasteiger partial charge in [0.05, 0.1) is 0 Å². The van der Waals surface area contributed by atoms with Crippen molar-refractivity contribution in [3.8, 4) is 0 Å². The summed E-state index contributed by atoms with van der Waals surface area (Å²) in [7, 11) is 0. The average Bonchev–Trinajstić information content (AvgIpc) is 1.97. The molecule has 1 N–H and O–H groups in total. The number of rotatable bonds is 2. The van der Waals surface area contributed by atoms with Crippen LogP contribution in [-0.2, 0) is 0 Å². The highest BCUT2D eigenvalue weighted by Gasteiger charge is 2.16. The molecule has 0 saturated heterocycles. The Balaban J connectivity index is 2.02. The summed E-state index contributed by atoms with van der Waals surface area (Å²) >= 11 is 0. The standard InChI is InChI=1S/C9H13N3/c1-7-5-9(11-6-10-7)12-8-3-2-4-8/h5-6,8H,2-4H2,1H3,(H,10,11,12). The van der Waals surface area contributed by atoms with E-state index in [4.69, 9.17) is 0 Å². The lowest BCUT2D eigenvalue weighted by molar-refractivity contribution is 0.444. The summed E-state index contributed by atoms with van der Waals surface area (Å²) in [6, 6.07) is 2.64. The van der Waals surface area contributed by atoms with Crippen LogP contribution in [-0.4, -0.2) is 16.0 Å². The van der Waals surface area contributed by atoms with Crippen molar-refractivity contribution in [1.82, 2.24) is 9.97 Å². The normalized spacial score (nSPS) is 17.1. The second-order valence-corrected chi connectivity index (χ2v) is 3.32. The van der Waals surface area contributed by atoms with E-state index < -0.39 is 0 Å². The van der Waals surface area contributed by atoms with Gasteiger partial charge in [0.15, 0.2) is 0 Å². The molecule has 3 nitrogen and oxygen atoms in total. The maximum absolute atomic E-state index is 4.14. The molecule has 64 valence electrons. The zero-order chi connectivity index (χ0) is 8.39. The highest BCUT2D eigenvalue weighted by molar-refractivity contribution is 5.36. The van der Waals surface area contributed by atoms with Gasteiger partial charge in [0.2, 0.25) is 0 Å². The number of aromatic nitrogens is 2. The van der Waals surface area contributed by atoms with Crippen LogP contribution in [0, 0.1) is 6.92 Å². The summed E-state index contributed by atoms with van der Waals surface area (Å²) in [4.78, 5) is 8.18. The molecule has 1 saturated carbocycles. The Kier molecular flexibility index (Phi) is 1.94. The quantitative estimate of drug-likeness (QED) is 0.721. The third-order valence-electron chi connectivity index (χ3n) is 2.26. The monoisotopic (exact) mass is 163 g/mol. The molecule has 0 bridgehead atoms. The van der Waals surface area contributed by atoms with Crippen molar-refractivity contribution in [1.29, 1.82) is 0 Å². The molecule has 1 aromatic rings. The molecule has 1 heterocycles. The minimum Gasteiger partial charge on any atom is -0.367 e. The van der Waals surface area contributed by atoms with E-state index in [-0.39, 0.29) is 0 Å². The smallest absolute Gasteiger partial charge is 0.129 e. The van der Waals surface area contributed by atoms with E-state index in [0.717, 1.165) is 11.5 Å². The number of aryl methyl sites for hydroxylation is 1. The lowest BCUT2D eigenvalue weighted by atomic mass is 9.93. The molecular formula is C9H13N3. The van der Waals surface area contributed by atoms with Gasteiger partial charge in [-0.3, -0.25) is 0 Å². The number of hydrogen-bond acceptors (Lipinski definition) is 3. The summed E-state index contributed by atoms with van der Waals surface area (Å²) in [6.07, 6.45) is 5.52. The Bertz CT molecular complexity index is 268. The van der Waals surface area contributed by atoms with Crippen molar-refractivity contribution in [2.24, 2.45) is 0 Å². The van der Waals surface area contributed by atoms with Gasteiger partial charge in [-0.05, 0) is 26.2 Å². The Morgan fingerprint density at radius 3 is 2.83 bits per heavy atom. The molecule has 0 amide bonds. The molecular weight excluding hydrogens is 150 g/mol. The van der Waals surface area contributed by atoms with Crippen LogP contribution in [0.2, 0.25) is 0 Å². The van der Waals surface area contributed by atoms with E-state index in [2.05, 4.69) is 15.3 Å². The second kappa shape index (κ2) is 3.09. The molecule has 0 unspecified atom stereocenters. The first-order chi connectivity index (χ1) is 5.84. The predicted octanol–water partition coefficient (Wildman–Crippen LogP) is 1.75. The first kappa shape index (κ1) is 7.53. The van der Waals surface area contributed by atoms with Crippen molar-refractivity contribution >= 4 is 5.82 Å². The van der Waals surface area contributed by atoms with Gasteiger partial charge in [-0.2, -0.15) is 0 Å². The summed E-state index contributed by atoms with van der Waals surface area (Å²) < 4.78 is 0. The number of nitrogens with one attached hydrogen (secondary N) is 1. The van der Waals surface area contributed by atoms with Gasteiger partial charge in [0, 0.05) is 17.8 Å². The van der Waals surface area contributed by atoms with Gasteiger partial charge in [0.1, 0.15) is 12.1 Å². The maximum atomic E-state index is 4.14. The van der Waals surface area contributed by atoms with E-state index in [9.17, 15) is 0 Å². The molecule has 0 aromatic carbocycles. The van der Waals surface area contributed by atoms with Gasteiger partial charge < -0.3 is 5.32 Å². The topological polar surface area (TPSA) is 37.8 Å². The van der Waals surface area contributed by atoms with E-state index >= 15 is 0 Å². The Morgan fingerprint density at radius 1 is 1.42 bits per heavy atom. The van der Waals surface area contributed by atoms with Gasteiger partial charge in [0.25, 0.3) is 0 Å². The van der Waals surface area contributed by atoms with E-state index in [1.54, 1.807) is 6.33 Å². The minimum absolute atomic E-state index is 0.652. The fourth-order valence-electron chi connectivity index (χ4n) is 1.30. The van der Waals surface area contributed by atoms with Crippen LogP contribution in [0.1, 0.15) is 25.0 Å². The average molecular weight is 163 g/mol. The van der Waals surface area contributed by atoms with E-state index in [0.29, 0.717) is 6.04 Å². The summed E-state index contributed by atoms with van der Waals surface area (Å²) in [5, 5.41) is 3.37. The Morgan fingerprint density at radius 2 is 2.25 bits per heavy atom. The third kappa shape index (κ3) is 1.55. The fourth-order valence-corrected chi connectivity index (χ4v) is 1.30. The SMILES string of the molecule is Cc1cc(NC2CCC2)ncn1. The van der Waals surface area contributed by atoms with Crippen LogP contribution in [0.4, 0.5) is 5.82 Å². The maximum Gasteiger partial charge on any atom is 0.129 e. The summed E-state index contributed by atoms with van der Waals surface area (Å²) in [5.74, 6) is 0.965. The van der Waals surface area contributed by atoms with Crippen molar-refractivity contribution in [3.63, 3.8) is 0 Å². The number of anilines is 1. The molecule has 0 radical (unpaired) electrons. The fraction of sp³-hybridized carbons (Fsp3) is 0.556. The van der Waals surface area contributed by atoms with Crippen LogP contribution >= 0.6 is 0 Å². The van der Waals surface area contributed by atoms with Gasteiger partial charge in [-0.25, -0.2) is 9.97 Å². The summed E-state index contributed by atoms with van der Waals surface area (Å²) in [5.41, 5.74) is 1.02. The largest absolute Gasteiger partial charge is 0.367 e. The van der Waals surface area contributed by atoms with Crippen LogP contribution in [0.15, 0.2) is 12.4 Å². The first-order valence-corrected chi connectivity index (χ1v) is 4.40. The van der Waals surface area contributed by atoms with Crippen molar-refractivity contribution in [3.05, 3.63) is 18.1 Å². The molecule has 0 spiro atoms. The predicted molar refractivity (Wildman–Crippen MR) is 48.0 cm³/mol. The second-order valence-electron chi connectivity index (χ2n) is 3.32. The highest BCUT2D eigenvalue weighted by atomic mass is 15.0. The number of hydrogen-bond donors (Lipinski definition) is 1.